The molecule has 0 aromatic heterocycles. The molecule has 0 aliphatic rings. The minimum atomic E-state index is -3.34. The Morgan fingerprint density at radius 3 is 1.29 bits per heavy atom. The van der Waals surface area contributed by atoms with Gasteiger partial charge in [0.25, 0.3) is 0 Å². The molecule has 4 aromatic carbocycles. The van der Waals surface area contributed by atoms with Crippen molar-refractivity contribution in [3.8, 4) is 0 Å². The highest BCUT2D eigenvalue weighted by Crippen LogP contribution is 2.12. The normalized spacial score (nSPS) is 11.0. The maximum atomic E-state index is 14.0. The largest absolute Gasteiger partial charge is 0.455 e. The fourth-order valence-electron chi connectivity index (χ4n) is 3.90. The predicted octanol–water partition coefficient (Wildman–Crippen LogP) is 3.01. The van der Waals surface area contributed by atoms with E-state index in [0.717, 1.165) is 21.1 Å². The lowest BCUT2D eigenvalue weighted by Gasteiger charge is -2.30. The summed E-state index contributed by atoms with van der Waals surface area (Å²) in [7, 11) is -3.34. The van der Waals surface area contributed by atoms with E-state index in [0.29, 0.717) is 0 Å². The molecule has 0 spiro atoms. The Labute approximate surface area is 183 Å². The molecule has 4 rings (SSSR count). The second-order valence-electron chi connectivity index (χ2n) is 7.24. The third kappa shape index (κ3) is 4.11. The van der Waals surface area contributed by atoms with E-state index < -0.39 is 19.4 Å². The molecule has 152 valence electrons. The highest BCUT2D eigenvalue weighted by atomic mass is 28.3. The monoisotopic (exact) mass is 422 g/mol. The van der Waals surface area contributed by atoms with Gasteiger partial charge in [-0.3, -0.25) is 4.79 Å². The summed E-state index contributed by atoms with van der Waals surface area (Å²) in [6.45, 7) is 0.0638. The molecule has 0 bridgehead atoms. The van der Waals surface area contributed by atoms with Crippen LogP contribution in [0.3, 0.4) is 0 Å². The molecule has 4 aromatic rings. The molecule has 0 amide bonds. The SMILES string of the molecule is O=C(OCc1ccccc1)C(=O)[Si](c1ccccc1)(c1ccccc1)c1ccccc1. The van der Waals surface area contributed by atoms with Gasteiger partial charge < -0.3 is 4.74 Å². The summed E-state index contributed by atoms with van der Waals surface area (Å²) in [5.74, 6) is -0.799. The zero-order chi connectivity index (χ0) is 21.5. The predicted molar refractivity (Wildman–Crippen MR) is 125 cm³/mol. The molecule has 0 fully saturated rings. The van der Waals surface area contributed by atoms with Gasteiger partial charge in [0.2, 0.25) is 13.5 Å². The van der Waals surface area contributed by atoms with Crippen molar-refractivity contribution in [2.45, 2.75) is 6.61 Å². The van der Waals surface area contributed by atoms with Crippen LogP contribution < -0.4 is 15.6 Å². The molecule has 0 aliphatic heterocycles. The fourth-order valence-corrected chi connectivity index (χ4v) is 8.14. The van der Waals surface area contributed by atoms with E-state index in [4.69, 9.17) is 4.74 Å². The van der Waals surface area contributed by atoms with Crippen molar-refractivity contribution in [2.75, 3.05) is 0 Å². The molecular weight excluding hydrogens is 400 g/mol. The fraction of sp³-hybridized carbons (Fsp3) is 0.0370. The van der Waals surface area contributed by atoms with Crippen LogP contribution in [-0.2, 0) is 20.9 Å². The number of esters is 1. The van der Waals surface area contributed by atoms with Crippen molar-refractivity contribution in [3.63, 3.8) is 0 Å². The van der Waals surface area contributed by atoms with Crippen LogP contribution in [0.5, 0.6) is 0 Å². The molecular formula is C27H22O3Si. The number of carbonyl (C=O) groups excluding carboxylic acids is 2. The van der Waals surface area contributed by atoms with E-state index >= 15 is 0 Å². The van der Waals surface area contributed by atoms with Gasteiger partial charge in [0.15, 0.2) is 0 Å². The van der Waals surface area contributed by atoms with Crippen molar-refractivity contribution in [1.29, 1.82) is 0 Å². The van der Waals surface area contributed by atoms with Gasteiger partial charge in [-0.2, -0.15) is 0 Å². The molecule has 0 radical (unpaired) electrons. The Balaban J connectivity index is 1.83. The van der Waals surface area contributed by atoms with Crippen molar-refractivity contribution < 1.29 is 14.3 Å². The summed E-state index contributed by atoms with van der Waals surface area (Å²) >= 11 is 0. The smallest absolute Gasteiger partial charge is 0.370 e. The van der Waals surface area contributed by atoms with E-state index in [-0.39, 0.29) is 6.61 Å². The Morgan fingerprint density at radius 1 is 0.548 bits per heavy atom. The van der Waals surface area contributed by atoms with Crippen molar-refractivity contribution in [3.05, 3.63) is 127 Å². The first-order valence-corrected chi connectivity index (χ1v) is 12.1. The van der Waals surface area contributed by atoms with Crippen LogP contribution in [0.2, 0.25) is 0 Å². The van der Waals surface area contributed by atoms with Crippen LogP contribution in [0.15, 0.2) is 121 Å². The third-order valence-corrected chi connectivity index (χ3v) is 9.84. The number of hydrogen-bond acceptors (Lipinski definition) is 3. The van der Waals surface area contributed by atoms with Crippen LogP contribution in [-0.4, -0.2) is 19.4 Å². The van der Waals surface area contributed by atoms with Crippen LogP contribution in [0.4, 0.5) is 0 Å². The summed E-state index contributed by atoms with van der Waals surface area (Å²) in [5.41, 5.74) is 0.843. The maximum Gasteiger partial charge on any atom is 0.370 e. The van der Waals surface area contributed by atoms with E-state index in [9.17, 15) is 9.59 Å². The Bertz CT molecular complexity index is 1050. The topological polar surface area (TPSA) is 43.4 Å². The summed E-state index contributed by atoms with van der Waals surface area (Å²) in [4.78, 5) is 27.1. The summed E-state index contributed by atoms with van der Waals surface area (Å²) in [6, 6.07) is 38.2. The van der Waals surface area contributed by atoms with Gasteiger partial charge in [-0.25, -0.2) is 4.79 Å². The highest BCUT2D eigenvalue weighted by Gasteiger charge is 2.50. The average molecular weight is 423 g/mol. The van der Waals surface area contributed by atoms with E-state index in [1.54, 1.807) is 0 Å². The summed E-state index contributed by atoms with van der Waals surface area (Å²) < 4.78 is 5.51. The van der Waals surface area contributed by atoms with E-state index in [2.05, 4.69) is 0 Å². The first-order valence-electron chi connectivity index (χ1n) is 10.1. The second-order valence-corrected chi connectivity index (χ2v) is 10.9. The Hall–Kier alpha value is -3.76. The molecule has 0 saturated carbocycles. The number of benzene rings is 4. The van der Waals surface area contributed by atoms with Gasteiger partial charge >= 0.3 is 5.97 Å². The van der Waals surface area contributed by atoms with Crippen LogP contribution in [0, 0.1) is 0 Å². The van der Waals surface area contributed by atoms with Crippen molar-refractivity contribution in [2.24, 2.45) is 0 Å². The molecule has 0 aliphatic carbocycles. The number of ether oxygens (including phenoxy) is 1. The van der Waals surface area contributed by atoms with E-state index in [1.165, 1.54) is 0 Å². The lowest BCUT2D eigenvalue weighted by atomic mass is 10.2. The summed E-state index contributed by atoms with van der Waals surface area (Å²) in [6.07, 6.45) is 0. The lowest BCUT2D eigenvalue weighted by molar-refractivity contribution is -0.151. The van der Waals surface area contributed by atoms with Crippen LogP contribution in [0.1, 0.15) is 5.56 Å². The van der Waals surface area contributed by atoms with Gasteiger partial charge in [-0.1, -0.05) is 121 Å². The van der Waals surface area contributed by atoms with Gasteiger partial charge in [-0.15, -0.1) is 0 Å². The standard InChI is InChI=1S/C27H22O3Si/c28-26(30-21-22-13-5-1-6-14-22)27(29)31(23-15-7-2-8-16-23,24-17-9-3-10-18-24)25-19-11-4-12-20-25/h1-20H,21H2. The van der Waals surface area contributed by atoms with Gasteiger partial charge in [0.05, 0.1) is 0 Å². The molecule has 0 heterocycles. The number of rotatable bonds is 7. The highest BCUT2D eigenvalue weighted by molar-refractivity contribution is 7.34. The molecule has 0 N–H and O–H groups in total. The Kier molecular flexibility index (Phi) is 6.20. The first-order chi connectivity index (χ1) is 15.2. The van der Waals surface area contributed by atoms with Gasteiger partial charge in [-0.05, 0) is 21.1 Å². The maximum absolute atomic E-state index is 14.0. The minimum Gasteiger partial charge on any atom is -0.455 e. The first kappa shape index (κ1) is 20.5. The molecule has 31 heavy (non-hydrogen) atoms. The van der Waals surface area contributed by atoms with Crippen LogP contribution in [0.25, 0.3) is 0 Å². The zero-order valence-corrected chi connectivity index (χ0v) is 18.0. The molecule has 3 nitrogen and oxygen atoms in total. The van der Waals surface area contributed by atoms with Crippen molar-refractivity contribution >= 4 is 35.0 Å². The van der Waals surface area contributed by atoms with Gasteiger partial charge in [0.1, 0.15) is 6.61 Å². The Morgan fingerprint density at radius 2 is 0.903 bits per heavy atom. The average Bonchev–Trinajstić information content (AvgIpc) is 2.85. The van der Waals surface area contributed by atoms with Gasteiger partial charge in [0, 0.05) is 0 Å². The zero-order valence-electron chi connectivity index (χ0n) is 17.0. The number of carbonyl (C=O) groups is 2. The second kappa shape index (κ2) is 9.37. The van der Waals surface area contributed by atoms with Crippen LogP contribution >= 0.6 is 0 Å². The van der Waals surface area contributed by atoms with E-state index in [1.807, 2.05) is 121 Å². The molecule has 0 atom stereocenters. The molecule has 0 unspecified atom stereocenters. The van der Waals surface area contributed by atoms with Crippen molar-refractivity contribution in [1.82, 2.24) is 0 Å². The quantitative estimate of drug-likeness (QED) is 0.199. The minimum absolute atomic E-state index is 0.0638. The molecule has 4 heteroatoms. The third-order valence-electron chi connectivity index (χ3n) is 5.36. The molecule has 0 saturated heterocycles. The number of hydrogen-bond donors (Lipinski definition) is 0. The lowest BCUT2D eigenvalue weighted by Crippen LogP contribution is -2.74. The summed E-state index contributed by atoms with van der Waals surface area (Å²) in [5, 5.41) is 2.09.